The summed E-state index contributed by atoms with van der Waals surface area (Å²) in [6.45, 7) is 0. The van der Waals surface area contributed by atoms with Crippen molar-refractivity contribution in [1.82, 2.24) is 4.57 Å². The molecule has 0 aliphatic heterocycles. The number of para-hydroxylation sites is 1. The van der Waals surface area contributed by atoms with Crippen LogP contribution in [0.2, 0.25) is 0 Å². The number of benzene rings is 1. The van der Waals surface area contributed by atoms with Crippen LogP contribution in [-0.2, 0) is 0 Å². The topological polar surface area (TPSA) is 42.2 Å². The lowest BCUT2D eigenvalue weighted by atomic mass is 10.2. The fourth-order valence-electron chi connectivity index (χ4n) is 1.97. The maximum absolute atomic E-state index is 11.3. The molecule has 2 heterocycles. The zero-order valence-corrected chi connectivity index (χ0v) is 9.65. The molecule has 2 aromatic heterocycles. The molecule has 1 aromatic carbocycles. The minimum Gasteiger partial charge on any atom is -0.477 e. The smallest absolute Gasteiger partial charge is 0.352 e. The third kappa shape index (κ3) is 1.54. The molecule has 17 heavy (non-hydrogen) atoms. The Morgan fingerprint density at radius 1 is 1.24 bits per heavy atom. The molecule has 1 N–H and O–H groups in total. The predicted octanol–water partition coefficient (Wildman–Crippen LogP) is 3.39. The van der Waals surface area contributed by atoms with Crippen LogP contribution < -0.4 is 0 Å². The van der Waals surface area contributed by atoms with E-state index in [1.807, 2.05) is 41.1 Å². The van der Waals surface area contributed by atoms with Gasteiger partial charge in [0.15, 0.2) is 0 Å². The van der Waals surface area contributed by atoms with Crippen molar-refractivity contribution in [2.45, 2.75) is 0 Å². The van der Waals surface area contributed by atoms with Gasteiger partial charge in [-0.05, 0) is 23.6 Å². The van der Waals surface area contributed by atoms with E-state index < -0.39 is 5.97 Å². The van der Waals surface area contributed by atoms with E-state index in [0.717, 1.165) is 16.6 Å². The number of aromatic carboxylic acids is 1. The van der Waals surface area contributed by atoms with Gasteiger partial charge in [0.1, 0.15) is 5.69 Å². The van der Waals surface area contributed by atoms with Crippen LogP contribution in [0.25, 0.3) is 16.6 Å². The number of aromatic nitrogens is 1. The van der Waals surface area contributed by atoms with Gasteiger partial charge in [-0.1, -0.05) is 18.2 Å². The van der Waals surface area contributed by atoms with Crippen LogP contribution in [-0.4, -0.2) is 15.6 Å². The molecule has 4 heteroatoms. The lowest BCUT2D eigenvalue weighted by molar-refractivity contribution is 0.0688. The second-order valence-corrected chi connectivity index (χ2v) is 4.49. The highest BCUT2D eigenvalue weighted by molar-refractivity contribution is 7.08. The van der Waals surface area contributed by atoms with Crippen LogP contribution in [0, 0.1) is 0 Å². The zero-order valence-electron chi connectivity index (χ0n) is 8.83. The lowest BCUT2D eigenvalue weighted by Gasteiger charge is -2.05. The SMILES string of the molecule is O=C(O)c1cc2ccccc2n1-c1ccsc1. The zero-order chi connectivity index (χ0) is 11.8. The molecule has 0 bridgehead atoms. The van der Waals surface area contributed by atoms with Gasteiger partial charge in [-0.2, -0.15) is 11.3 Å². The Hall–Kier alpha value is -2.07. The average molecular weight is 243 g/mol. The van der Waals surface area contributed by atoms with Crippen molar-refractivity contribution in [3.8, 4) is 5.69 Å². The van der Waals surface area contributed by atoms with Crippen LogP contribution in [0.5, 0.6) is 0 Å². The van der Waals surface area contributed by atoms with Gasteiger partial charge >= 0.3 is 5.97 Å². The van der Waals surface area contributed by atoms with Crippen molar-refractivity contribution in [3.63, 3.8) is 0 Å². The monoisotopic (exact) mass is 243 g/mol. The van der Waals surface area contributed by atoms with Gasteiger partial charge in [0.2, 0.25) is 0 Å². The molecule has 0 unspecified atom stereocenters. The van der Waals surface area contributed by atoms with E-state index in [9.17, 15) is 9.90 Å². The molecule has 0 radical (unpaired) electrons. The van der Waals surface area contributed by atoms with E-state index in [1.54, 1.807) is 22.0 Å². The minimum atomic E-state index is -0.910. The van der Waals surface area contributed by atoms with Crippen molar-refractivity contribution in [2.75, 3.05) is 0 Å². The number of fused-ring (bicyclic) bond motifs is 1. The molecule has 3 aromatic rings. The number of nitrogens with zero attached hydrogens (tertiary/aromatic N) is 1. The standard InChI is InChI=1S/C13H9NO2S/c15-13(16)12-7-9-3-1-2-4-11(9)14(12)10-5-6-17-8-10/h1-8H,(H,15,16). The molecule has 0 atom stereocenters. The van der Waals surface area contributed by atoms with Gasteiger partial charge in [-0.25, -0.2) is 4.79 Å². The number of carboxylic acids is 1. The molecular formula is C13H9NO2S. The number of thiophene rings is 1. The van der Waals surface area contributed by atoms with Crippen LogP contribution in [0.4, 0.5) is 0 Å². The van der Waals surface area contributed by atoms with Crippen LogP contribution in [0.15, 0.2) is 47.2 Å². The number of carbonyl (C=O) groups is 1. The molecule has 0 saturated heterocycles. The summed E-state index contributed by atoms with van der Waals surface area (Å²) in [5.41, 5.74) is 2.11. The minimum absolute atomic E-state index is 0.296. The highest BCUT2D eigenvalue weighted by Gasteiger charge is 2.15. The fraction of sp³-hybridized carbons (Fsp3) is 0. The van der Waals surface area contributed by atoms with Crippen molar-refractivity contribution < 1.29 is 9.90 Å². The first-order valence-electron chi connectivity index (χ1n) is 5.14. The summed E-state index contributed by atoms with van der Waals surface area (Å²) in [6, 6.07) is 11.3. The Bertz CT molecular complexity index is 683. The Morgan fingerprint density at radius 2 is 2.06 bits per heavy atom. The Balaban J connectivity index is 2.40. The summed E-state index contributed by atoms with van der Waals surface area (Å²) in [5, 5.41) is 14.1. The van der Waals surface area contributed by atoms with Crippen molar-refractivity contribution in [3.05, 3.63) is 52.9 Å². The number of rotatable bonds is 2. The second kappa shape index (κ2) is 3.75. The van der Waals surface area contributed by atoms with E-state index in [-0.39, 0.29) is 0 Å². The third-order valence-corrected chi connectivity index (χ3v) is 3.37. The van der Waals surface area contributed by atoms with Gasteiger partial charge in [0, 0.05) is 10.8 Å². The maximum Gasteiger partial charge on any atom is 0.352 e. The Morgan fingerprint density at radius 3 is 2.76 bits per heavy atom. The molecular weight excluding hydrogens is 234 g/mol. The summed E-state index contributed by atoms with van der Waals surface area (Å²) in [7, 11) is 0. The summed E-state index contributed by atoms with van der Waals surface area (Å²) in [6.07, 6.45) is 0. The van der Waals surface area contributed by atoms with E-state index >= 15 is 0 Å². The fourth-order valence-corrected chi connectivity index (χ4v) is 2.59. The van der Waals surface area contributed by atoms with Crippen molar-refractivity contribution >= 4 is 28.2 Å². The molecule has 0 saturated carbocycles. The lowest BCUT2D eigenvalue weighted by Crippen LogP contribution is -2.05. The van der Waals surface area contributed by atoms with E-state index in [2.05, 4.69) is 0 Å². The second-order valence-electron chi connectivity index (χ2n) is 3.71. The van der Waals surface area contributed by atoms with Gasteiger partial charge in [0.05, 0.1) is 11.2 Å². The maximum atomic E-state index is 11.3. The van der Waals surface area contributed by atoms with Crippen LogP contribution >= 0.6 is 11.3 Å². The number of carboxylic acid groups (broad SMARTS) is 1. The molecule has 84 valence electrons. The summed E-state index contributed by atoms with van der Waals surface area (Å²) < 4.78 is 1.77. The molecule has 3 rings (SSSR count). The molecule has 0 spiro atoms. The van der Waals surface area contributed by atoms with E-state index in [1.165, 1.54) is 0 Å². The Kier molecular flexibility index (Phi) is 2.23. The summed E-state index contributed by atoms with van der Waals surface area (Å²) >= 11 is 1.55. The van der Waals surface area contributed by atoms with E-state index in [4.69, 9.17) is 0 Å². The van der Waals surface area contributed by atoms with Crippen LogP contribution in [0.1, 0.15) is 10.5 Å². The van der Waals surface area contributed by atoms with Gasteiger partial charge in [-0.3, -0.25) is 0 Å². The largest absolute Gasteiger partial charge is 0.477 e. The molecule has 0 amide bonds. The molecule has 0 aliphatic carbocycles. The third-order valence-electron chi connectivity index (χ3n) is 2.69. The number of hydrogen-bond acceptors (Lipinski definition) is 2. The normalized spacial score (nSPS) is 10.8. The quantitative estimate of drug-likeness (QED) is 0.749. The van der Waals surface area contributed by atoms with Crippen molar-refractivity contribution in [2.24, 2.45) is 0 Å². The average Bonchev–Trinajstić information content (AvgIpc) is 2.94. The predicted molar refractivity (Wildman–Crippen MR) is 68.1 cm³/mol. The van der Waals surface area contributed by atoms with Crippen LogP contribution in [0.3, 0.4) is 0 Å². The van der Waals surface area contributed by atoms with Crippen molar-refractivity contribution in [1.29, 1.82) is 0 Å². The van der Waals surface area contributed by atoms with E-state index in [0.29, 0.717) is 5.69 Å². The highest BCUT2D eigenvalue weighted by atomic mass is 32.1. The molecule has 0 fully saturated rings. The molecule has 3 nitrogen and oxygen atoms in total. The first-order chi connectivity index (χ1) is 8.27. The first kappa shape index (κ1) is 10.1. The summed E-state index contributed by atoms with van der Waals surface area (Å²) in [5.74, 6) is -0.910. The van der Waals surface area contributed by atoms with Gasteiger partial charge < -0.3 is 9.67 Å². The summed E-state index contributed by atoms with van der Waals surface area (Å²) in [4.78, 5) is 11.3. The Labute approximate surface area is 102 Å². The molecule has 0 aliphatic rings. The van der Waals surface area contributed by atoms with Gasteiger partial charge in [-0.15, -0.1) is 0 Å². The highest BCUT2D eigenvalue weighted by Crippen LogP contribution is 2.25. The van der Waals surface area contributed by atoms with Gasteiger partial charge in [0.25, 0.3) is 0 Å². The first-order valence-corrected chi connectivity index (χ1v) is 6.08. The number of hydrogen-bond donors (Lipinski definition) is 1.